The van der Waals surface area contributed by atoms with Crippen molar-refractivity contribution in [1.29, 1.82) is 5.26 Å². The minimum absolute atomic E-state index is 0.250. The first kappa shape index (κ1) is 13.5. The summed E-state index contributed by atoms with van der Waals surface area (Å²) in [6, 6.07) is 9.88. The SMILES string of the molecule is Cc1ccc(/C=C(C#N)/C=C2\SC(=S)NC2=O)cc1. The maximum absolute atomic E-state index is 11.5. The van der Waals surface area contributed by atoms with Crippen LogP contribution < -0.4 is 5.32 Å². The van der Waals surface area contributed by atoms with Crippen molar-refractivity contribution in [2.24, 2.45) is 0 Å². The third-order valence-electron chi connectivity index (χ3n) is 2.46. The van der Waals surface area contributed by atoms with E-state index < -0.39 is 0 Å². The number of nitriles is 1. The van der Waals surface area contributed by atoms with Gasteiger partial charge in [0.05, 0.1) is 16.5 Å². The highest BCUT2D eigenvalue weighted by molar-refractivity contribution is 8.26. The number of aryl methyl sites for hydroxylation is 1. The Morgan fingerprint density at radius 1 is 1.42 bits per heavy atom. The zero-order chi connectivity index (χ0) is 13.8. The minimum Gasteiger partial charge on any atom is -0.307 e. The summed E-state index contributed by atoms with van der Waals surface area (Å²) in [6.45, 7) is 2.00. The molecule has 0 unspecified atom stereocenters. The van der Waals surface area contributed by atoms with Crippen LogP contribution in [-0.4, -0.2) is 10.2 Å². The average Bonchev–Trinajstić information content (AvgIpc) is 2.69. The molecule has 1 amide bonds. The van der Waals surface area contributed by atoms with Gasteiger partial charge in [-0.25, -0.2) is 0 Å². The number of hydrogen-bond acceptors (Lipinski definition) is 4. The second-order valence-electron chi connectivity index (χ2n) is 3.97. The molecular weight excluding hydrogens is 276 g/mol. The van der Waals surface area contributed by atoms with Crippen LogP contribution >= 0.6 is 24.0 Å². The van der Waals surface area contributed by atoms with Gasteiger partial charge in [-0.3, -0.25) is 4.79 Å². The van der Waals surface area contributed by atoms with Gasteiger partial charge in [-0.2, -0.15) is 5.26 Å². The largest absolute Gasteiger partial charge is 0.307 e. The number of carbonyl (C=O) groups excluding carboxylic acids is 1. The Morgan fingerprint density at radius 2 is 2.11 bits per heavy atom. The Bertz CT molecular complexity index is 636. The normalized spacial score (nSPS) is 17.5. The molecule has 0 atom stereocenters. The number of amides is 1. The summed E-state index contributed by atoms with van der Waals surface area (Å²) in [5.74, 6) is -0.250. The lowest BCUT2D eigenvalue weighted by Gasteiger charge is -1.96. The molecule has 1 fully saturated rings. The molecule has 0 spiro atoms. The van der Waals surface area contributed by atoms with Gasteiger partial charge in [-0.05, 0) is 24.6 Å². The number of thioether (sulfide) groups is 1. The number of thiocarbonyl (C=S) groups is 1. The van der Waals surface area contributed by atoms with Gasteiger partial charge in [0.25, 0.3) is 5.91 Å². The van der Waals surface area contributed by atoms with E-state index in [4.69, 9.17) is 17.5 Å². The third-order valence-corrected chi connectivity index (χ3v) is 3.62. The van der Waals surface area contributed by atoms with Crippen LogP contribution in [0.4, 0.5) is 0 Å². The highest BCUT2D eigenvalue weighted by atomic mass is 32.2. The lowest BCUT2D eigenvalue weighted by Crippen LogP contribution is -2.17. The number of hydrogen-bond donors (Lipinski definition) is 1. The van der Waals surface area contributed by atoms with Crippen LogP contribution in [0.2, 0.25) is 0 Å². The lowest BCUT2D eigenvalue weighted by molar-refractivity contribution is -0.115. The molecule has 0 aromatic heterocycles. The molecule has 1 saturated heterocycles. The van der Waals surface area contributed by atoms with Crippen molar-refractivity contribution in [3.63, 3.8) is 0 Å². The topological polar surface area (TPSA) is 52.9 Å². The van der Waals surface area contributed by atoms with Crippen molar-refractivity contribution in [2.75, 3.05) is 0 Å². The van der Waals surface area contributed by atoms with Gasteiger partial charge < -0.3 is 5.32 Å². The molecule has 94 valence electrons. The van der Waals surface area contributed by atoms with Gasteiger partial charge >= 0.3 is 0 Å². The maximum atomic E-state index is 11.5. The van der Waals surface area contributed by atoms with Gasteiger partial charge in [0.2, 0.25) is 0 Å². The van der Waals surface area contributed by atoms with Crippen LogP contribution in [0.25, 0.3) is 6.08 Å². The standard InChI is InChI=1S/C14H10N2OS2/c1-9-2-4-10(5-3-9)6-11(8-15)7-12-13(17)16-14(18)19-12/h2-7H,1H3,(H,16,17,18)/b11-6-,12-7-. The lowest BCUT2D eigenvalue weighted by atomic mass is 10.1. The van der Waals surface area contributed by atoms with Crippen molar-refractivity contribution >= 4 is 40.3 Å². The highest BCUT2D eigenvalue weighted by Gasteiger charge is 2.22. The van der Waals surface area contributed by atoms with Crippen LogP contribution in [-0.2, 0) is 4.79 Å². The Balaban J connectivity index is 2.28. The van der Waals surface area contributed by atoms with Crippen LogP contribution in [0.5, 0.6) is 0 Å². The molecular formula is C14H10N2OS2. The Labute approximate surface area is 121 Å². The van der Waals surface area contributed by atoms with E-state index in [1.165, 1.54) is 11.8 Å². The van der Waals surface area contributed by atoms with Crippen LogP contribution in [0.15, 0.2) is 40.8 Å². The quantitative estimate of drug-likeness (QED) is 0.516. The molecule has 1 aromatic rings. The monoisotopic (exact) mass is 286 g/mol. The number of benzene rings is 1. The van der Waals surface area contributed by atoms with E-state index in [1.54, 1.807) is 12.2 Å². The molecule has 5 heteroatoms. The molecule has 1 aromatic carbocycles. The Morgan fingerprint density at radius 3 is 2.63 bits per heavy atom. The Kier molecular flexibility index (Phi) is 4.15. The number of allylic oxidation sites excluding steroid dienone is 2. The summed E-state index contributed by atoms with van der Waals surface area (Å²) >= 11 is 6.06. The van der Waals surface area contributed by atoms with E-state index in [0.29, 0.717) is 14.8 Å². The van der Waals surface area contributed by atoms with Crippen LogP contribution in [0.1, 0.15) is 11.1 Å². The average molecular weight is 286 g/mol. The number of nitrogens with one attached hydrogen (secondary N) is 1. The molecule has 1 aliphatic heterocycles. The zero-order valence-corrected chi connectivity index (χ0v) is 11.8. The molecule has 19 heavy (non-hydrogen) atoms. The van der Waals surface area contributed by atoms with Gasteiger partial charge in [-0.1, -0.05) is 53.8 Å². The molecule has 0 saturated carbocycles. The third kappa shape index (κ3) is 3.53. The molecule has 0 aliphatic carbocycles. The second kappa shape index (κ2) is 5.83. The first-order valence-corrected chi connectivity index (χ1v) is 6.74. The van der Waals surface area contributed by atoms with E-state index in [-0.39, 0.29) is 5.91 Å². The van der Waals surface area contributed by atoms with Crippen molar-refractivity contribution in [3.8, 4) is 6.07 Å². The zero-order valence-electron chi connectivity index (χ0n) is 10.1. The molecule has 0 bridgehead atoms. The highest BCUT2D eigenvalue weighted by Crippen LogP contribution is 2.25. The predicted molar refractivity (Wildman–Crippen MR) is 81.2 cm³/mol. The van der Waals surface area contributed by atoms with Crippen molar-refractivity contribution in [3.05, 3.63) is 51.9 Å². The smallest absolute Gasteiger partial charge is 0.263 e. The second-order valence-corrected chi connectivity index (χ2v) is 5.69. The van der Waals surface area contributed by atoms with Crippen molar-refractivity contribution < 1.29 is 4.79 Å². The number of carbonyl (C=O) groups is 1. The minimum atomic E-state index is -0.250. The number of nitrogens with zero attached hydrogens (tertiary/aromatic N) is 1. The Hall–Kier alpha value is -1.90. The van der Waals surface area contributed by atoms with Crippen molar-refractivity contribution in [1.82, 2.24) is 5.32 Å². The summed E-state index contributed by atoms with van der Waals surface area (Å²) in [7, 11) is 0. The summed E-state index contributed by atoms with van der Waals surface area (Å²) in [5, 5.41) is 11.6. The fraction of sp³-hybridized carbons (Fsp3) is 0.0714. The van der Waals surface area contributed by atoms with Crippen molar-refractivity contribution in [2.45, 2.75) is 6.92 Å². The molecule has 2 rings (SSSR count). The summed E-state index contributed by atoms with van der Waals surface area (Å²) in [4.78, 5) is 12.0. The van der Waals surface area contributed by atoms with Crippen LogP contribution in [0.3, 0.4) is 0 Å². The molecule has 1 N–H and O–H groups in total. The first-order valence-electron chi connectivity index (χ1n) is 5.52. The van der Waals surface area contributed by atoms with E-state index in [0.717, 1.165) is 11.1 Å². The summed E-state index contributed by atoms with van der Waals surface area (Å²) < 4.78 is 0.420. The maximum Gasteiger partial charge on any atom is 0.263 e. The van der Waals surface area contributed by atoms with Gasteiger partial charge in [0.15, 0.2) is 0 Å². The number of rotatable bonds is 2. The molecule has 3 nitrogen and oxygen atoms in total. The molecule has 1 heterocycles. The summed E-state index contributed by atoms with van der Waals surface area (Å²) in [6.07, 6.45) is 3.29. The fourth-order valence-corrected chi connectivity index (χ4v) is 2.55. The predicted octanol–water partition coefficient (Wildman–Crippen LogP) is 2.93. The first-order chi connectivity index (χ1) is 9.08. The van der Waals surface area contributed by atoms with Gasteiger partial charge in [-0.15, -0.1) is 0 Å². The van der Waals surface area contributed by atoms with E-state index >= 15 is 0 Å². The van der Waals surface area contributed by atoms with Gasteiger partial charge in [0.1, 0.15) is 4.32 Å². The van der Waals surface area contributed by atoms with E-state index in [1.807, 2.05) is 31.2 Å². The fourth-order valence-electron chi connectivity index (χ4n) is 1.51. The molecule has 1 aliphatic rings. The van der Waals surface area contributed by atoms with E-state index in [9.17, 15) is 4.79 Å². The molecule has 0 radical (unpaired) electrons. The van der Waals surface area contributed by atoms with E-state index in [2.05, 4.69) is 11.4 Å². The van der Waals surface area contributed by atoms with Crippen LogP contribution in [0, 0.1) is 18.3 Å². The van der Waals surface area contributed by atoms with Gasteiger partial charge in [0, 0.05) is 0 Å². The summed E-state index contributed by atoms with van der Waals surface area (Å²) in [5.41, 5.74) is 2.50.